The van der Waals surface area contributed by atoms with E-state index in [9.17, 15) is 9.00 Å². The zero-order chi connectivity index (χ0) is 12.7. The van der Waals surface area contributed by atoms with E-state index in [0.717, 1.165) is 5.56 Å². The molecule has 0 aliphatic carbocycles. The average Bonchev–Trinajstić information content (AvgIpc) is 2.38. The summed E-state index contributed by atoms with van der Waals surface area (Å²) in [6.07, 6.45) is 0. The number of carbonyl (C=O) groups excluding carboxylic acids is 1. The standard InChI is InChI=1S/C12H16ClNO2S/c1-2-17(16)8-7-14-12(15)11-5-3-10(9-13)4-6-11/h3-6H,2,7-9H2,1H3,(H,14,15). The number of carbonyl (C=O) groups is 1. The molecule has 1 aromatic carbocycles. The van der Waals surface area contributed by atoms with Crippen LogP contribution in [0.1, 0.15) is 22.8 Å². The van der Waals surface area contributed by atoms with Crippen molar-refractivity contribution in [2.24, 2.45) is 0 Å². The van der Waals surface area contributed by atoms with Gasteiger partial charge < -0.3 is 5.32 Å². The molecule has 1 amide bonds. The molecule has 0 aromatic heterocycles. The smallest absolute Gasteiger partial charge is 0.251 e. The first-order valence-electron chi connectivity index (χ1n) is 5.45. The number of nitrogens with one attached hydrogen (secondary N) is 1. The molecule has 1 rings (SSSR count). The third-order valence-electron chi connectivity index (χ3n) is 2.31. The minimum absolute atomic E-state index is 0.140. The molecule has 0 aliphatic heterocycles. The first-order valence-corrected chi connectivity index (χ1v) is 7.47. The summed E-state index contributed by atoms with van der Waals surface area (Å²) in [4.78, 5) is 11.7. The highest BCUT2D eigenvalue weighted by Crippen LogP contribution is 2.06. The highest BCUT2D eigenvalue weighted by molar-refractivity contribution is 7.84. The summed E-state index contributed by atoms with van der Waals surface area (Å²) >= 11 is 5.66. The Labute approximate surface area is 109 Å². The van der Waals surface area contributed by atoms with E-state index in [1.807, 2.05) is 19.1 Å². The van der Waals surface area contributed by atoms with Gasteiger partial charge in [0.15, 0.2) is 0 Å². The number of benzene rings is 1. The molecule has 1 unspecified atom stereocenters. The molecule has 1 atom stereocenters. The van der Waals surface area contributed by atoms with Crippen LogP contribution in [0.15, 0.2) is 24.3 Å². The third-order valence-corrected chi connectivity index (χ3v) is 3.92. The first-order chi connectivity index (χ1) is 8.17. The van der Waals surface area contributed by atoms with E-state index in [-0.39, 0.29) is 5.91 Å². The Balaban J connectivity index is 2.44. The number of hydrogen-bond donors (Lipinski definition) is 1. The summed E-state index contributed by atoms with van der Waals surface area (Å²) in [6.45, 7) is 2.30. The van der Waals surface area contributed by atoms with Crippen LogP contribution >= 0.6 is 11.6 Å². The molecule has 0 spiro atoms. The monoisotopic (exact) mass is 273 g/mol. The molecule has 5 heteroatoms. The predicted molar refractivity (Wildman–Crippen MR) is 71.9 cm³/mol. The Bertz CT molecular complexity index is 392. The van der Waals surface area contributed by atoms with Gasteiger partial charge in [-0.3, -0.25) is 9.00 Å². The van der Waals surface area contributed by atoms with E-state index >= 15 is 0 Å². The van der Waals surface area contributed by atoms with Crippen molar-refractivity contribution >= 4 is 28.3 Å². The van der Waals surface area contributed by atoms with Crippen LogP contribution in [-0.4, -0.2) is 28.2 Å². The van der Waals surface area contributed by atoms with Gasteiger partial charge in [-0.05, 0) is 17.7 Å². The van der Waals surface area contributed by atoms with Crippen LogP contribution < -0.4 is 5.32 Å². The van der Waals surface area contributed by atoms with Gasteiger partial charge >= 0.3 is 0 Å². The van der Waals surface area contributed by atoms with Crippen molar-refractivity contribution in [3.8, 4) is 0 Å². The van der Waals surface area contributed by atoms with Gasteiger partial charge in [0.25, 0.3) is 5.91 Å². The lowest BCUT2D eigenvalue weighted by Gasteiger charge is -2.05. The molecule has 0 saturated heterocycles. The molecule has 0 bridgehead atoms. The summed E-state index contributed by atoms with van der Waals surface area (Å²) in [6, 6.07) is 7.13. The van der Waals surface area contributed by atoms with Crippen LogP contribution in [0.5, 0.6) is 0 Å². The van der Waals surface area contributed by atoms with E-state index in [4.69, 9.17) is 11.6 Å². The van der Waals surface area contributed by atoms with E-state index in [2.05, 4.69) is 5.32 Å². The minimum Gasteiger partial charge on any atom is -0.351 e. The lowest BCUT2D eigenvalue weighted by molar-refractivity contribution is 0.0956. The van der Waals surface area contributed by atoms with Gasteiger partial charge in [0, 0.05) is 40.3 Å². The van der Waals surface area contributed by atoms with Gasteiger partial charge in [-0.25, -0.2) is 0 Å². The van der Waals surface area contributed by atoms with Crippen molar-refractivity contribution in [3.63, 3.8) is 0 Å². The van der Waals surface area contributed by atoms with E-state index in [0.29, 0.717) is 29.5 Å². The molecule has 1 aromatic rings. The van der Waals surface area contributed by atoms with Crippen molar-refractivity contribution < 1.29 is 9.00 Å². The van der Waals surface area contributed by atoms with Gasteiger partial charge in [0.2, 0.25) is 0 Å². The quantitative estimate of drug-likeness (QED) is 0.805. The van der Waals surface area contributed by atoms with Gasteiger partial charge in [0.05, 0.1) is 0 Å². The molecule has 94 valence electrons. The number of hydrogen-bond acceptors (Lipinski definition) is 2. The molecule has 0 fully saturated rings. The Hall–Kier alpha value is -0.870. The summed E-state index contributed by atoms with van der Waals surface area (Å²) in [5.74, 6) is 1.43. The number of alkyl halides is 1. The Morgan fingerprint density at radius 1 is 1.35 bits per heavy atom. The molecule has 0 heterocycles. The topological polar surface area (TPSA) is 46.2 Å². The maximum atomic E-state index is 11.7. The summed E-state index contributed by atoms with van der Waals surface area (Å²) in [5.41, 5.74) is 1.58. The van der Waals surface area contributed by atoms with E-state index in [1.54, 1.807) is 12.1 Å². The van der Waals surface area contributed by atoms with Crippen molar-refractivity contribution in [1.82, 2.24) is 5.32 Å². The van der Waals surface area contributed by atoms with Crippen molar-refractivity contribution in [3.05, 3.63) is 35.4 Å². The third kappa shape index (κ3) is 4.88. The zero-order valence-electron chi connectivity index (χ0n) is 9.74. The van der Waals surface area contributed by atoms with E-state index in [1.165, 1.54) is 0 Å². The molecular formula is C12H16ClNO2S. The van der Waals surface area contributed by atoms with Crippen molar-refractivity contribution in [2.45, 2.75) is 12.8 Å². The van der Waals surface area contributed by atoms with E-state index < -0.39 is 10.8 Å². The van der Waals surface area contributed by atoms with Crippen molar-refractivity contribution in [2.75, 3.05) is 18.1 Å². The lowest BCUT2D eigenvalue weighted by Crippen LogP contribution is -2.27. The van der Waals surface area contributed by atoms with Gasteiger partial charge in [-0.15, -0.1) is 11.6 Å². The molecule has 0 saturated carbocycles. The maximum Gasteiger partial charge on any atom is 0.251 e. The van der Waals surface area contributed by atoms with Crippen LogP contribution in [0.2, 0.25) is 0 Å². The Morgan fingerprint density at radius 2 is 2.00 bits per heavy atom. The first kappa shape index (κ1) is 14.2. The number of rotatable bonds is 6. The second-order valence-corrected chi connectivity index (χ2v) is 5.65. The summed E-state index contributed by atoms with van der Waals surface area (Å²) in [7, 11) is -0.837. The minimum atomic E-state index is -0.837. The van der Waals surface area contributed by atoms with Crippen LogP contribution in [0.4, 0.5) is 0 Å². The van der Waals surface area contributed by atoms with Crippen LogP contribution in [0.3, 0.4) is 0 Å². The number of halogens is 1. The predicted octanol–water partition coefficient (Wildman–Crippen LogP) is 1.92. The SMILES string of the molecule is CCS(=O)CCNC(=O)c1ccc(CCl)cc1. The highest BCUT2D eigenvalue weighted by Gasteiger charge is 2.05. The molecule has 0 radical (unpaired) electrons. The second-order valence-electron chi connectivity index (χ2n) is 3.52. The van der Waals surface area contributed by atoms with Gasteiger partial charge in [0.1, 0.15) is 0 Å². The Kier molecular flexibility index (Phi) is 6.22. The zero-order valence-corrected chi connectivity index (χ0v) is 11.3. The largest absolute Gasteiger partial charge is 0.351 e. The van der Waals surface area contributed by atoms with Crippen LogP contribution in [0.25, 0.3) is 0 Å². The summed E-state index contributed by atoms with van der Waals surface area (Å²) in [5, 5.41) is 2.74. The molecule has 0 aliphatic rings. The molecular weight excluding hydrogens is 258 g/mol. The second kappa shape index (κ2) is 7.45. The van der Waals surface area contributed by atoms with Crippen molar-refractivity contribution in [1.29, 1.82) is 0 Å². The summed E-state index contributed by atoms with van der Waals surface area (Å²) < 4.78 is 11.2. The van der Waals surface area contributed by atoms with Gasteiger partial charge in [-0.1, -0.05) is 19.1 Å². The lowest BCUT2D eigenvalue weighted by atomic mass is 10.1. The number of amides is 1. The van der Waals surface area contributed by atoms with Gasteiger partial charge in [-0.2, -0.15) is 0 Å². The average molecular weight is 274 g/mol. The normalized spacial score (nSPS) is 12.1. The Morgan fingerprint density at radius 3 is 2.53 bits per heavy atom. The van der Waals surface area contributed by atoms with Crippen LogP contribution in [0, 0.1) is 0 Å². The fraction of sp³-hybridized carbons (Fsp3) is 0.417. The maximum absolute atomic E-state index is 11.7. The molecule has 1 N–H and O–H groups in total. The molecule has 17 heavy (non-hydrogen) atoms. The fourth-order valence-corrected chi connectivity index (χ4v) is 2.07. The van der Waals surface area contributed by atoms with Crippen LogP contribution in [-0.2, 0) is 16.7 Å². The fourth-order valence-electron chi connectivity index (χ4n) is 1.27. The molecule has 3 nitrogen and oxygen atoms in total. The highest BCUT2D eigenvalue weighted by atomic mass is 35.5.